The van der Waals surface area contributed by atoms with Gasteiger partial charge in [0.1, 0.15) is 0 Å². The number of halogens is 2. The normalized spacial score (nSPS) is 14.0. The van der Waals surface area contributed by atoms with Gasteiger partial charge in [-0.1, -0.05) is 0 Å². The van der Waals surface area contributed by atoms with Crippen molar-refractivity contribution in [3.63, 3.8) is 0 Å². The molecule has 0 saturated carbocycles. The zero-order valence-electron chi connectivity index (χ0n) is 16.3. The highest BCUT2D eigenvalue weighted by Gasteiger charge is 2.36. The SMILES string of the molecule is O=C(Nc1ccc(S(=O)(=O)Nc2nccs2)cc1)C1CN(C(=O)c2ccc(F)c(F)c2)C1. The fourth-order valence-corrected chi connectivity index (χ4v) is 4.82. The molecule has 2 amide bonds. The lowest BCUT2D eigenvalue weighted by Crippen LogP contribution is -2.54. The van der Waals surface area contributed by atoms with Crippen LogP contribution >= 0.6 is 11.3 Å². The molecule has 2 aromatic carbocycles. The highest BCUT2D eigenvalue weighted by molar-refractivity contribution is 7.93. The smallest absolute Gasteiger partial charge is 0.263 e. The Labute approximate surface area is 185 Å². The number of nitrogens with zero attached hydrogens (tertiary/aromatic N) is 2. The molecule has 0 atom stereocenters. The lowest BCUT2D eigenvalue weighted by Gasteiger charge is -2.38. The van der Waals surface area contributed by atoms with E-state index in [1.54, 1.807) is 5.38 Å². The summed E-state index contributed by atoms with van der Waals surface area (Å²) in [6.45, 7) is 0.266. The largest absolute Gasteiger partial charge is 0.337 e. The summed E-state index contributed by atoms with van der Waals surface area (Å²) >= 11 is 1.15. The molecule has 3 aromatic rings. The van der Waals surface area contributed by atoms with Crippen molar-refractivity contribution in [3.05, 3.63) is 71.2 Å². The average Bonchev–Trinajstić information content (AvgIpc) is 3.21. The minimum absolute atomic E-state index is 0.00548. The van der Waals surface area contributed by atoms with Gasteiger partial charge >= 0.3 is 0 Å². The number of nitrogens with one attached hydrogen (secondary N) is 2. The van der Waals surface area contributed by atoms with Gasteiger partial charge in [-0.3, -0.25) is 14.3 Å². The first kappa shape index (κ1) is 21.8. The number of amides is 2. The summed E-state index contributed by atoms with van der Waals surface area (Å²) in [5.74, 6) is -3.46. The number of carbonyl (C=O) groups is 2. The number of aromatic nitrogens is 1. The number of rotatable bonds is 6. The van der Waals surface area contributed by atoms with Crippen LogP contribution in [0.2, 0.25) is 0 Å². The number of anilines is 2. The molecule has 32 heavy (non-hydrogen) atoms. The first-order valence-electron chi connectivity index (χ1n) is 9.30. The van der Waals surface area contributed by atoms with Crippen LogP contribution in [0, 0.1) is 17.6 Å². The summed E-state index contributed by atoms with van der Waals surface area (Å²) in [5.41, 5.74) is 0.402. The summed E-state index contributed by atoms with van der Waals surface area (Å²) in [6, 6.07) is 8.50. The molecular weight excluding hydrogens is 462 g/mol. The standard InChI is InChI=1S/C20H16F2N4O4S2/c21-16-6-1-12(9-17(16)22)19(28)26-10-13(11-26)18(27)24-14-2-4-15(5-3-14)32(29,30)25-20-23-7-8-31-20/h1-9,13H,10-11H2,(H,23,25)(H,24,27). The maximum Gasteiger partial charge on any atom is 0.263 e. The Bertz CT molecular complexity index is 1260. The lowest BCUT2D eigenvalue weighted by molar-refractivity contribution is -0.123. The van der Waals surface area contributed by atoms with Crippen molar-refractivity contribution in [1.82, 2.24) is 9.88 Å². The Balaban J connectivity index is 1.32. The Hall–Kier alpha value is -3.38. The van der Waals surface area contributed by atoms with Gasteiger partial charge in [0, 0.05) is 35.9 Å². The topological polar surface area (TPSA) is 108 Å². The Morgan fingerprint density at radius 3 is 2.41 bits per heavy atom. The van der Waals surface area contributed by atoms with Gasteiger partial charge in [0.2, 0.25) is 5.91 Å². The third kappa shape index (κ3) is 4.60. The molecule has 1 fully saturated rings. The van der Waals surface area contributed by atoms with Gasteiger partial charge in [0.25, 0.3) is 15.9 Å². The van der Waals surface area contributed by atoms with E-state index in [1.165, 1.54) is 41.4 Å². The van der Waals surface area contributed by atoms with Crippen LogP contribution in [0.3, 0.4) is 0 Å². The summed E-state index contributed by atoms with van der Waals surface area (Å²) in [7, 11) is -3.80. The maximum atomic E-state index is 13.3. The van der Waals surface area contributed by atoms with Gasteiger partial charge < -0.3 is 10.2 Å². The highest BCUT2D eigenvalue weighted by atomic mass is 32.2. The van der Waals surface area contributed by atoms with Crippen LogP contribution in [-0.4, -0.2) is 43.2 Å². The maximum absolute atomic E-state index is 13.3. The van der Waals surface area contributed by atoms with Crippen LogP contribution in [-0.2, 0) is 14.8 Å². The Kier molecular flexibility index (Phi) is 5.89. The van der Waals surface area contributed by atoms with Gasteiger partial charge in [0.15, 0.2) is 16.8 Å². The molecule has 1 aliphatic heterocycles. The van der Waals surface area contributed by atoms with Crippen molar-refractivity contribution in [2.45, 2.75) is 4.90 Å². The van der Waals surface area contributed by atoms with E-state index in [2.05, 4.69) is 15.0 Å². The highest BCUT2D eigenvalue weighted by Crippen LogP contribution is 2.23. The third-order valence-corrected chi connectivity index (χ3v) is 6.96. The van der Waals surface area contributed by atoms with E-state index in [0.29, 0.717) is 5.69 Å². The number of benzene rings is 2. The number of carbonyl (C=O) groups excluding carboxylic acids is 2. The van der Waals surface area contributed by atoms with Crippen LogP contribution in [0.15, 0.2) is 58.9 Å². The van der Waals surface area contributed by atoms with E-state index in [1.807, 2.05) is 0 Å². The number of hydrogen-bond acceptors (Lipinski definition) is 6. The number of likely N-dealkylation sites (tertiary alicyclic amines) is 1. The fraction of sp³-hybridized carbons (Fsp3) is 0.150. The second kappa shape index (κ2) is 8.63. The molecule has 0 spiro atoms. The molecule has 12 heteroatoms. The third-order valence-electron chi connectivity index (χ3n) is 4.79. The van der Waals surface area contributed by atoms with E-state index in [-0.39, 0.29) is 34.6 Å². The van der Waals surface area contributed by atoms with Crippen molar-refractivity contribution in [2.24, 2.45) is 5.92 Å². The van der Waals surface area contributed by atoms with Crippen molar-refractivity contribution in [1.29, 1.82) is 0 Å². The Morgan fingerprint density at radius 1 is 1.06 bits per heavy atom. The van der Waals surface area contributed by atoms with E-state index < -0.39 is 33.5 Å². The predicted octanol–water partition coefficient (Wildman–Crippen LogP) is 2.93. The van der Waals surface area contributed by atoms with Crippen molar-refractivity contribution in [2.75, 3.05) is 23.1 Å². The predicted molar refractivity (Wildman–Crippen MR) is 114 cm³/mol. The van der Waals surface area contributed by atoms with E-state index >= 15 is 0 Å². The number of thiazole rings is 1. The number of hydrogen-bond donors (Lipinski definition) is 2. The van der Waals surface area contributed by atoms with E-state index in [4.69, 9.17) is 0 Å². The van der Waals surface area contributed by atoms with Crippen molar-refractivity contribution < 1.29 is 26.8 Å². The van der Waals surface area contributed by atoms with Crippen LogP contribution < -0.4 is 10.0 Å². The summed E-state index contributed by atoms with van der Waals surface area (Å²) in [4.78, 5) is 29.9. The molecule has 0 bridgehead atoms. The van der Waals surface area contributed by atoms with E-state index in [9.17, 15) is 26.8 Å². The molecule has 0 radical (unpaired) electrons. The Morgan fingerprint density at radius 2 is 1.78 bits per heavy atom. The first-order chi connectivity index (χ1) is 15.2. The van der Waals surface area contributed by atoms with Crippen molar-refractivity contribution >= 4 is 44.0 Å². The molecule has 4 rings (SSSR count). The molecule has 1 saturated heterocycles. The zero-order chi connectivity index (χ0) is 22.9. The zero-order valence-corrected chi connectivity index (χ0v) is 17.9. The summed E-state index contributed by atoms with van der Waals surface area (Å²) in [6.07, 6.45) is 1.48. The van der Waals surface area contributed by atoms with Gasteiger partial charge in [-0.2, -0.15) is 0 Å². The van der Waals surface area contributed by atoms with Crippen LogP contribution in [0.1, 0.15) is 10.4 Å². The van der Waals surface area contributed by atoms with Crippen LogP contribution in [0.25, 0.3) is 0 Å². The molecular formula is C20H16F2N4O4S2. The number of sulfonamides is 1. The van der Waals surface area contributed by atoms with Gasteiger partial charge in [-0.15, -0.1) is 11.3 Å². The molecule has 0 aliphatic carbocycles. The van der Waals surface area contributed by atoms with Crippen LogP contribution in [0.4, 0.5) is 19.6 Å². The van der Waals surface area contributed by atoms with Gasteiger partial charge in [0.05, 0.1) is 10.8 Å². The van der Waals surface area contributed by atoms with Crippen LogP contribution in [0.5, 0.6) is 0 Å². The molecule has 8 nitrogen and oxygen atoms in total. The minimum Gasteiger partial charge on any atom is -0.337 e. The van der Waals surface area contributed by atoms with E-state index in [0.717, 1.165) is 23.5 Å². The summed E-state index contributed by atoms with van der Waals surface area (Å²) < 4.78 is 53.4. The molecule has 0 unspecified atom stereocenters. The molecule has 1 aromatic heterocycles. The minimum atomic E-state index is -3.80. The monoisotopic (exact) mass is 478 g/mol. The van der Waals surface area contributed by atoms with Gasteiger partial charge in [-0.25, -0.2) is 22.2 Å². The summed E-state index contributed by atoms with van der Waals surface area (Å²) in [5, 5.41) is 4.56. The first-order valence-corrected chi connectivity index (χ1v) is 11.7. The lowest BCUT2D eigenvalue weighted by atomic mass is 9.97. The molecule has 2 heterocycles. The molecule has 166 valence electrons. The second-order valence-electron chi connectivity index (χ2n) is 6.99. The van der Waals surface area contributed by atoms with Gasteiger partial charge in [-0.05, 0) is 42.5 Å². The molecule has 2 N–H and O–H groups in total. The average molecular weight is 479 g/mol. The second-order valence-corrected chi connectivity index (χ2v) is 9.57. The molecule has 1 aliphatic rings. The quantitative estimate of drug-likeness (QED) is 0.566. The van der Waals surface area contributed by atoms with Crippen molar-refractivity contribution in [3.8, 4) is 0 Å². The fourth-order valence-electron chi connectivity index (χ4n) is 3.03.